The predicted octanol–water partition coefficient (Wildman–Crippen LogP) is 4.14. The van der Waals surface area contributed by atoms with E-state index in [9.17, 15) is 9.90 Å². The Morgan fingerprint density at radius 2 is 2.11 bits per heavy atom. The van der Waals surface area contributed by atoms with E-state index in [0.29, 0.717) is 23.8 Å². The van der Waals surface area contributed by atoms with E-state index in [-0.39, 0.29) is 22.8 Å². The first-order valence-electron chi connectivity index (χ1n) is 10.6. The molecule has 1 N–H and O–H groups in total. The SMILES string of the molecule is CN1C(=O)C=C[C@]2(C)[C@H]3CC[C@]4(C)[C@@H](O)C(=Cc5nccs5)C[C@H]4[C@@H]3CC[C@@H]12. The fourth-order valence-corrected chi connectivity index (χ4v) is 7.80. The summed E-state index contributed by atoms with van der Waals surface area (Å²) in [6.07, 6.45) is 13.0. The van der Waals surface area contributed by atoms with E-state index in [1.807, 2.05) is 23.5 Å². The molecular weight excluding hydrogens is 368 g/mol. The molecule has 1 aliphatic heterocycles. The first-order chi connectivity index (χ1) is 13.3. The van der Waals surface area contributed by atoms with Gasteiger partial charge >= 0.3 is 0 Å². The van der Waals surface area contributed by atoms with Crippen LogP contribution in [0.1, 0.15) is 51.0 Å². The van der Waals surface area contributed by atoms with Gasteiger partial charge in [0.15, 0.2) is 0 Å². The van der Waals surface area contributed by atoms with Gasteiger partial charge in [-0.15, -0.1) is 11.3 Å². The lowest BCUT2D eigenvalue weighted by molar-refractivity contribution is -0.140. The van der Waals surface area contributed by atoms with Gasteiger partial charge < -0.3 is 10.0 Å². The molecule has 5 rings (SSSR count). The van der Waals surface area contributed by atoms with Crippen molar-refractivity contribution < 1.29 is 9.90 Å². The van der Waals surface area contributed by atoms with Crippen LogP contribution in [0.5, 0.6) is 0 Å². The summed E-state index contributed by atoms with van der Waals surface area (Å²) in [4.78, 5) is 18.6. The van der Waals surface area contributed by atoms with Crippen LogP contribution in [0, 0.1) is 28.6 Å². The molecule has 0 bridgehead atoms. The van der Waals surface area contributed by atoms with Crippen LogP contribution in [0.15, 0.2) is 29.3 Å². The number of amides is 1. The Balaban J connectivity index is 1.49. The summed E-state index contributed by atoms with van der Waals surface area (Å²) in [6.45, 7) is 4.68. The Morgan fingerprint density at radius 1 is 1.29 bits per heavy atom. The minimum Gasteiger partial charge on any atom is -0.388 e. The highest BCUT2D eigenvalue weighted by atomic mass is 32.1. The molecule has 3 saturated carbocycles. The van der Waals surface area contributed by atoms with Gasteiger partial charge in [-0.1, -0.05) is 19.9 Å². The Bertz CT molecular complexity index is 847. The lowest BCUT2D eigenvalue weighted by Gasteiger charge is -2.59. The lowest BCUT2D eigenvalue weighted by atomic mass is 9.48. The summed E-state index contributed by atoms with van der Waals surface area (Å²) >= 11 is 1.64. The van der Waals surface area contributed by atoms with E-state index in [4.69, 9.17) is 0 Å². The summed E-state index contributed by atoms with van der Waals surface area (Å²) < 4.78 is 0. The van der Waals surface area contributed by atoms with Crippen LogP contribution in [-0.4, -0.2) is 40.1 Å². The highest BCUT2D eigenvalue weighted by molar-refractivity contribution is 7.10. The molecule has 0 radical (unpaired) electrons. The first-order valence-corrected chi connectivity index (χ1v) is 11.5. The Kier molecular flexibility index (Phi) is 4.15. The summed E-state index contributed by atoms with van der Waals surface area (Å²) in [6, 6.07) is 0.312. The van der Waals surface area contributed by atoms with Crippen molar-refractivity contribution in [3.8, 4) is 0 Å². The highest BCUT2D eigenvalue weighted by Gasteiger charge is 2.61. The number of aromatic nitrogens is 1. The summed E-state index contributed by atoms with van der Waals surface area (Å²) in [5, 5.41) is 14.2. The second kappa shape index (κ2) is 6.27. The van der Waals surface area contributed by atoms with Crippen LogP contribution in [-0.2, 0) is 4.79 Å². The van der Waals surface area contributed by atoms with Crippen molar-refractivity contribution in [3.63, 3.8) is 0 Å². The van der Waals surface area contributed by atoms with Gasteiger partial charge in [-0.2, -0.15) is 0 Å². The van der Waals surface area contributed by atoms with Gasteiger partial charge in [0.2, 0.25) is 5.91 Å². The zero-order chi connectivity index (χ0) is 19.7. The molecule has 150 valence electrons. The van der Waals surface area contributed by atoms with Gasteiger partial charge in [0.05, 0.1) is 6.10 Å². The number of thiazole rings is 1. The number of aliphatic hydroxyl groups excluding tert-OH is 1. The minimum absolute atomic E-state index is 0.0342. The third-order valence-electron chi connectivity index (χ3n) is 8.76. The van der Waals surface area contributed by atoms with Crippen LogP contribution in [0.4, 0.5) is 0 Å². The van der Waals surface area contributed by atoms with E-state index < -0.39 is 0 Å². The number of aliphatic hydroxyl groups is 1. The lowest BCUT2D eigenvalue weighted by Crippen LogP contribution is -2.59. The summed E-state index contributed by atoms with van der Waals surface area (Å²) in [7, 11) is 1.97. The zero-order valence-corrected chi connectivity index (χ0v) is 17.8. The third-order valence-corrected chi connectivity index (χ3v) is 9.48. The van der Waals surface area contributed by atoms with E-state index in [1.54, 1.807) is 17.4 Å². The average molecular weight is 399 g/mol. The van der Waals surface area contributed by atoms with Crippen molar-refractivity contribution >= 4 is 23.3 Å². The number of carbonyl (C=O) groups excluding carboxylic acids is 1. The van der Waals surface area contributed by atoms with Gasteiger partial charge in [-0.05, 0) is 67.6 Å². The molecule has 2 heterocycles. The molecule has 4 aliphatic rings. The van der Waals surface area contributed by atoms with E-state index in [0.717, 1.165) is 37.1 Å². The van der Waals surface area contributed by atoms with E-state index in [2.05, 4.69) is 31.0 Å². The molecule has 7 atom stereocenters. The van der Waals surface area contributed by atoms with Crippen molar-refractivity contribution in [1.29, 1.82) is 0 Å². The van der Waals surface area contributed by atoms with Gasteiger partial charge in [-0.25, -0.2) is 4.98 Å². The molecule has 3 fully saturated rings. The van der Waals surface area contributed by atoms with Crippen LogP contribution in [0.25, 0.3) is 6.08 Å². The number of likely N-dealkylation sites (N-methyl/N-ethyl adjacent to an activating group) is 1. The van der Waals surface area contributed by atoms with Crippen molar-refractivity contribution in [2.45, 2.75) is 58.1 Å². The Labute approximate surface area is 171 Å². The zero-order valence-electron chi connectivity index (χ0n) is 17.0. The van der Waals surface area contributed by atoms with Crippen LogP contribution >= 0.6 is 11.3 Å². The second-order valence-corrected chi connectivity index (χ2v) is 10.8. The van der Waals surface area contributed by atoms with Gasteiger partial charge in [0.1, 0.15) is 5.01 Å². The maximum Gasteiger partial charge on any atom is 0.246 e. The molecule has 1 aromatic heterocycles. The second-order valence-electron chi connectivity index (χ2n) is 9.86. The first kappa shape index (κ1) is 18.6. The molecule has 4 nitrogen and oxygen atoms in total. The molecule has 0 saturated heterocycles. The topological polar surface area (TPSA) is 53.4 Å². The van der Waals surface area contributed by atoms with Crippen LogP contribution < -0.4 is 0 Å². The molecule has 3 aliphatic carbocycles. The molecule has 5 heteroatoms. The molecule has 28 heavy (non-hydrogen) atoms. The number of hydrogen-bond donors (Lipinski definition) is 1. The van der Waals surface area contributed by atoms with Gasteiger partial charge in [0.25, 0.3) is 0 Å². The molecule has 0 unspecified atom stereocenters. The van der Waals surface area contributed by atoms with Crippen LogP contribution in [0.3, 0.4) is 0 Å². The van der Waals surface area contributed by atoms with Crippen molar-refractivity contribution in [2.75, 3.05) is 7.05 Å². The fourth-order valence-electron chi connectivity index (χ4n) is 7.20. The summed E-state index contributed by atoms with van der Waals surface area (Å²) in [5.74, 6) is 1.86. The largest absolute Gasteiger partial charge is 0.388 e. The van der Waals surface area contributed by atoms with Gasteiger partial charge in [-0.3, -0.25) is 4.79 Å². The Morgan fingerprint density at radius 3 is 2.86 bits per heavy atom. The quantitative estimate of drug-likeness (QED) is 0.774. The van der Waals surface area contributed by atoms with Crippen molar-refractivity contribution in [3.05, 3.63) is 34.3 Å². The molecular formula is C23H30N2O2S. The van der Waals surface area contributed by atoms with E-state index in [1.165, 1.54) is 5.57 Å². The predicted molar refractivity (Wildman–Crippen MR) is 112 cm³/mol. The van der Waals surface area contributed by atoms with Crippen molar-refractivity contribution in [1.82, 2.24) is 9.88 Å². The number of hydrogen-bond acceptors (Lipinski definition) is 4. The highest BCUT2D eigenvalue weighted by Crippen LogP contribution is 2.64. The number of fused-ring (bicyclic) bond motifs is 5. The minimum atomic E-state index is -0.362. The van der Waals surface area contributed by atoms with Crippen molar-refractivity contribution in [2.24, 2.45) is 28.6 Å². The van der Waals surface area contributed by atoms with Crippen LogP contribution in [0.2, 0.25) is 0 Å². The smallest absolute Gasteiger partial charge is 0.246 e. The number of rotatable bonds is 1. The Hall–Kier alpha value is -1.46. The summed E-state index contributed by atoms with van der Waals surface area (Å²) in [5.41, 5.74) is 1.19. The standard InChI is InChI=1S/C23H30N2O2S/c1-22-9-7-20(26)25(3)18(22)5-4-15-16(22)6-8-23(2)17(15)12-14(21(23)27)13-19-24-10-11-28-19/h7,9-11,13,15-18,21,27H,4-6,8,12H2,1-3H3/t15-,16+,17+,18-,21+,22-,23+/m1/s1. The third kappa shape index (κ3) is 2.45. The molecule has 0 aromatic carbocycles. The maximum atomic E-state index is 12.2. The monoisotopic (exact) mass is 398 g/mol. The van der Waals surface area contributed by atoms with Gasteiger partial charge in [0, 0.05) is 35.5 Å². The average Bonchev–Trinajstić information content (AvgIpc) is 3.27. The maximum absolute atomic E-state index is 12.2. The molecule has 1 amide bonds. The number of carbonyl (C=O) groups is 1. The van der Waals surface area contributed by atoms with E-state index >= 15 is 0 Å². The molecule has 0 spiro atoms. The number of nitrogens with zero attached hydrogens (tertiary/aromatic N) is 2. The normalized spacial score (nSPS) is 46.4. The fraction of sp³-hybridized carbons (Fsp3) is 0.652. The molecule has 1 aromatic rings.